The number of rotatable bonds is 3. The van der Waals surface area contributed by atoms with Crippen LogP contribution in [0.1, 0.15) is 22.5 Å². The Morgan fingerprint density at radius 3 is 2.68 bits per heavy atom. The number of alkyl halides is 1. The lowest BCUT2D eigenvalue weighted by molar-refractivity contribution is 0.778. The molecule has 8 heteroatoms. The molecule has 0 saturated carbocycles. The average molecular weight is 520 g/mol. The van der Waals surface area contributed by atoms with Gasteiger partial charge in [0.25, 0.3) is 0 Å². The SMILES string of the molecule is Cc1cnc(Cn2cnc3c(CI)nc(N)nc32)c(C)c1I. The Morgan fingerprint density at radius 2 is 1.95 bits per heavy atom. The highest BCUT2D eigenvalue weighted by Gasteiger charge is 2.14. The molecule has 3 rings (SSSR count). The summed E-state index contributed by atoms with van der Waals surface area (Å²) >= 11 is 4.61. The van der Waals surface area contributed by atoms with Gasteiger partial charge in [0.2, 0.25) is 5.95 Å². The van der Waals surface area contributed by atoms with Crippen molar-refractivity contribution < 1.29 is 0 Å². The number of halogens is 2. The highest BCUT2D eigenvalue weighted by molar-refractivity contribution is 14.1. The third kappa shape index (κ3) is 2.77. The predicted molar refractivity (Wildman–Crippen MR) is 103 cm³/mol. The fourth-order valence-corrected chi connectivity index (χ4v) is 3.28. The number of anilines is 1. The summed E-state index contributed by atoms with van der Waals surface area (Å²) in [6, 6.07) is 0. The van der Waals surface area contributed by atoms with Crippen LogP contribution < -0.4 is 5.73 Å². The zero-order valence-corrected chi connectivity index (χ0v) is 16.5. The van der Waals surface area contributed by atoms with Crippen molar-refractivity contribution in [2.75, 3.05) is 5.73 Å². The maximum absolute atomic E-state index is 5.81. The summed E-state index contributed by atoms with van der Waals surface area (Å²) in [7, 11) is 0. The minimum absolute atomic E-state index is 0.282. The van der Waals surface area contributed by atoms with Crippen LogP contribution in [0.25, 0.3) is 11.2 Å². The lowest BCUT2D eigenvalue weighted by atomic mass is 10.1. The summed E-state index contributed by atoms with van der Waals surface area (Å²) in [4.78, 5) is 17.6. The Labute approximate surface area is 155 Å². The highest BCUT2D eigenvalue weighted by Crippen LogP contribution is 2.22. The van der Waals surface area contributed by atoms with Gasteiger partial charge in [0, 0.05) is 14.2 Å². The summed E-state index contributed by atoms with van der Waals surface area (Å²) in [5, 5.41) is 0. The van der Waals surface area contributed by atoms with Crippen LogP contribution >= 0.6 is 45.2 Å². The normalized spacial score (nSPS) is 11.3. The fraction of sp³-hybridized carbons (Fsp3) is 0.286. The number of aryl methyl sites for hydroxylation is 1. The quantitative estimate of drug-likeness (QED) is 0.425. The maximum atomic E-state index is 5.81. The van der Waals surface area contributed by atoms with Crippen LogP contribution in [0.4, 0.5) is 5.95 Å². The molecule has 0 aliphatic rings. The first kappa shape index (κ1) is 15.8. The molecule has 0 aliphatic carbocycles. The van der Waals surface area contributed by atoms with Crippen LogP contribution in [0, 0.1) is 17.4 Å². The number of nitrogen functional groups attached to an aromatic ring is 1. The van der Waals surface area contributed by atoms with E-state index in [9.17, 15) is 0 Å². The number of aromatic nitrogens is 5. The number of nitrogens with two attached hydrogens (primary N) is 1. The van der Waals surface area contributed by atoms with E-state index in [2.05, 4.69) is 79.0 Å². The topological polar surface area (TPSA) is 82.5 Å². The number of imidazole rings is 1. The summed E-state index contributed by atoms with van der Waals surface area (Å²) in [6.45, 7) is 4.78. The molecule has 0 radical (unpaired) electrons. The van der Waals surface area contributed by atoms with Crippen molar-refractivity contribution in [1.29, 1.82) is 0 Å². The van der Waals surface area contributed by atoms with Gasteiger partial charge in [-0.25, -0.2) is 9.97 Å². The Bertz CT molecular complexity index is 858. The molecule has 114 valence electrons. The van der Waals surface area contributed by atoms with Gasteiger partial charge < -0.3 is 10.3 Å². The van der Waals surface area contributed by atoms with Gasteiger partial charge in [0.1, 0.15) is 5.52 Å². The van der Waals surface area contributed by atoms with Crippen LogP contribution in [0.5, 0.6) is 0 Å². The molecule has 0 atom stereocenters. The van der Waals surface area contributed by atoms with Crippen molar-refractivity contribution in [1.82, 2.24) is 24.5 Å². The van der Waals surface area contributed by atoms with E-state index in [4.69, 9.17) is 5.73 Å². The Kier molecular flexibility index (Phi) is 4.48. The summed E-state index contributed by atoms with van der Waals surface area (Å²) in [5.74, 6) is 0.282. The van der Waals surface area contributed by atoms with Crippen LogP contribution in [0.3, 0.4) is 0 Å². The largest absolute Gasteiger partial charge is 0.368 e. The van der Waals surface area contributed by atoms with E-state index in [0.717, 1.165) is 27.0 Å². The lowest BCUT2D eigenvalue weighted by Crippen LogP contribution is -2.07. The molecule has 3 heterocycles. The summed E-state index contributed by atoms with van der Waals surface area (Å²) in [5.41, 5.74) is 11.6. The number of nitrogens with zero attached hydrogens (tertiary/aromatic N) is 5. The van der Waals surface area contributed by atoms with E-state index in [-0.39, 0.29) is 5.95 Å². The Hall–Kier alpha value is -1.04. The maximum Gasteiger partial charge on any atom is 0.222 e. The smallest absolute Gasteiger partial charge is 0.222 e. The van der Waals surface area contributed by atoms with Crippen molar-refractivity contribution in [2.45, 2.75) is 24.8 Å². The summed E-state index contributed by atoms with van der Waals surface area (Å²) < 4.78 is 3.97. The molecule has 3 aromatic heterocycles. The second kappa shape index (κ2) is 6.22. The molecule has 0 unspecified atom stereocenters. The molecule has 3 aromatic rings. The standard InChI is InChI=1S/C14H14I2N6/c1-7-4-18-10(8(2)11(7)16)5-22-6-19-12-9(3-15)20-14(17)21-13(12)22/h4,6H,3,5H2,1-2H3,(H2,17,20,21). The number of pyridine rings is 1. The van der Waals surface area contributed by atoms with E-state index in [1.54, 1.807) is 6.33 Å². The third-order valence-corrected chi connectivity index (χ3v) is 5.90. The van der Waals surface area contributed by atoms with Crippen LogP contribution in [0.15, 0.2) is 12.5 Å². The monoisotopic (exact) mass is 520 g/mol. The van der Waals surface area contributed by atoms with Crippen LogP contribution in [-0.4, -0.2) is 24.5 Å². The first-order chi connectivity index (χ1) is 10.5. The average Bonchev–Trinajstić information content (AvgIpc) is 2.90. The van der Waals surface area contributed by atoms with E-state index in [1.165, 1.54) is 14.7 Å². The first-order valence-corrected chi connectivity index (χ1v) is 9.25. The van der Waals surface area contributed by atoms with Crippen LogP contribution in [0.2, 0.25) is 0 Å². The Balaban J connectivity index is 2.09. The molecule has 0 saturated heterocycles. The zero-order chi connectivity index (χ0) is 15.9. The van der Waals surface area contributed by atoms with Crippen LogP contribution in [-0.2, 0) is 11.0 Å². The Morgan fingerprint density at radius 1 is 1.18 bits per heavy atom. The van der Waals surface area contributed by atoms with Crippen molar-refractivity contribution in [3.8, 4) is 0 Å². The van der Waals surface area contributed by atoms with Crippen molar-refractivity contribution >= 4 is 62.3 Å². The molecule has 0 fully saturated rings. The third-order valence-electron chi connectivity index (χ3n) is 3.52. The van der Waals surface area contributed by atoms with Gasteiger partial charge in [0.05, 0.1) is 24.3 Å². The van der Waals surface area contributed by atoms with E-state index >= 15 is 0 Å². The van der Waals surface area contributed by atoms with Crippen molar-refractivity contribution in [2.24, 2.45) is 0 Å². The van der Waals surface area contributed by atoms with Gasteiger partial charge in [-0.15, -0.1) is 0 Å². The molecule has 22 heavy (non-hydrogen) atoms. The van der Waals surface area contributed by atoms with Gasteiger partial charge in [0.15, 0.2) is 5.65 Å². The predicted octanol–water partition coefficient (Wildman–Crippen LogP) is 3.01. The van der Waals surface area contributed by atoms with E-state index in [1.807, 2.05) is 10.8 Å². The molecule has 2 N–H and O–H groups in total. The van der Waals surface area contributed by atoms with E-state index in [0.29, 0.717) is 6.54 Å². The number of fused-ring (bicyclic) bond motifs is 1. The highest BCUT2D eigenvalue weighted by atomic mass is 127. The number of hydrogen-bond donors (Lipinski definition) is 1. The first-order valence-electron chi connectivity index (χ1n) is 6.65. The van der Waals surface area contributed by atoms with Gasteiger partial charge in [-0.1, -0.05) is 22.6 Å². The second-order valence-electron chi connectivity index (χ2n) is 5.03. The number of hydrogen-bond acceptors (Lipinski definition) is 5. The minimum atomic E-state index is 0.282. The molecular formula is C14H14I2N6. The second-order valence-corrected chi connectivity index (χ2v) is 6.88. The molecule has 0 bridgehead atoms. The molecule has 0 aliphatic heterocycles. The summed E-state index contributed by atoms with van der Waals surface area (Å²) in [6.07, 6.45) is 3.69. The molecule has 0 spiro atoms. The van der Waals surface area contributed by atoms with E-state index < -0.39 is 0 Å². The molecule has 6 nitrogen and oxygen atoms in total. The minimum Gasteiger partial charge on any atom is -0.368 e. The van der Waals surface area contributed by atoms with Gasteiger partial charge in [-0.3, -0.25) is 4.98 Å². The van der Waals surface area contributed by atoms with Gasteiger partial charge in [-0.2, -0.15) is 4.98 Å². The van der Waals surface area contributed by atoms with Gasteiger partial charge >= 0.3 is 0 Å². The van der Waals surface area contributed by atoms with Crippen molar-refractivity contribution in [3.63, 3.8) is 0 Å². The molecule has 0 amide bonds. The van der Waals surface area contributed by atoms with Gasteiger partial charge in [-0.05, 0) is 47.6 Å². The molecule has 0 aromatic carbocycles. The fourth-order valence-electron chi connectivity index (χ4n) is 2.30. The molecular weight excluding hydrogens is 506 g/mol. The van der Waals surface area contributed by atoms with Crippen molar-refractivity contribution in [3.05, 3.63) is 38.6 Å². The zero-order valence-electron chi connectivity index (χ0n) is 12.1. The lowest BCUT2D eigenvalue weighted by Gasteiger charge is -2.10.